The molecule has 0 spiro atoms. The van der Waals surface area contributed by atoms with E-state index >= 15 is 0 Å². The summed E-state index contributed by atoms with van der Waals surface area (Å²) >= 11 is 0. The van der Waals surface area contributed by atoms with E-state index in [2.05, 4.69) is 24.9 Å². The van der Waals surface area contributed by atoms with Crippen molar-refractivity contribution < 1.29 is 56.7 Å². The van der Waals surface area contributed by atoms with Gasteiger partial charge in [0.1, 0.15) is 48.5 Å². The van der Waals surface area contributed by atoms with E-state index in [0.717, 1.165) is 6.33 Å². The second-order valence-electron chi connectivity index (χ2n) is 10.3. The van der Waals surface area contributed by atoms with Crippen molar-refractivity contribution in [3.63, 3.8) is 0 Å². The number of phosphoric acid groups is 2. The van der Waals surface area contributed by atoms with E-state index in [4.69, 9.17) is 39.0 Å². The molecule has 10 atom stereocenters. The number of nitrogens with two attached hydrogens (primary N) is 2. The van der Waals surface area contributed by atoms with E-state index in [1.165, 1.54) is 27.7 Å². The van der Waals surface area contributed by atoms with Gasteiger partial charge in [0.15, 0.2) is 29.6 Å². The van der Waals surface area contributed by atoms with Gasteiger partial charge in [0.05, 0.1) is 24.9 Å². The van der Waals surface area contributed by atoms with Crippen LogP contribution in [0.1, 0.15) is 12.5 Å². The van der Waals surface area contributed by atoms with Gasteiger partial charge in [-0.1, -0.05) is 0 Å². The van der Waals surface area contributed by atoms with Crippen LogP contribution < -0.4 is 17.0 Å². The first-order valence-electron chi connectivity index (χ1n) is 13.1. The van der Waals surface area contributed by atoms with Gasteiger partial charge in [-0.25, -0.2) is 24.1 Å². The number of nitrogens with zero attached hydrogens (tertiary/aromatic N) is 6. The zero-order chi connectivity index (χ0) is 31.8. The third-order valence-electron chi connectivity index (χ3n) is 7.47. The van der Waals surface area contributed by atoms with Crippen LogP contribution in [0.2, 0.25) is 0 Å². The fourth-order valence-electron chi connectivity index (χ4n) is 5.43. The number of imidazole rings is 1. The van der Waals surface area contributed by atoms with Gasteiger partial charge in [0.2, 0.25) is 5.95 Å². The van der Waals surface area contributed by atoms with Crippen LogP contribution in [0.3, 0.4) is 0 Å². The van der Waals surface area contributed by atoms with Crippen LogP contribution in [-0.4, -0.2) is 104 Å². The molecule has 7 heterocycles. The molecule has 0 radical (unpaired) electrons. The number of nitrogens with one attached hydrogen (secondary N) is 1. The molecule has 0 amide bonds. The number of H-pyrrole nitrogens is 1. The Labute approximate surface area is 249 Å². The number of aromatic amines is 1. The third-order valence-corrected chi connectivity index (χ3v) is 9.44. The molecule has 242 valence electrons. The van der Waals surface area contributed by atoms with E-state index in [1.807, 2.05) is 0 Å². The van der Waals surface area contributed by atoms with E-state index in [-0.39, 0.29) is 34.0 Å². The minimum atomic E-state index is -5.09. The first kappa shape index (κ1) is 30.3. The predicted octanol–water partition coefficient (Wildman–Crippen LogP) is -1.74. The second kappa shape index (κ2) is 10.9. The van der Waals surface area contributed by atoms with Crippen LogP contribution in [0.4, 0.5) is 11.8 Å². The highest BCUT2D eigenvalue weighted by molar-refractivity contribution is 7.47. The third kappa shape index (κ3) is 5.33. The Morgan fingerprint density at radius 3 is 2.33 bits per heavy atom. The number of rotatable bonds is 2. The fraction of sp³-hybridized carbons (Fsp3) is 0.476. The molecule has 4 aromatic rings. The van der Waals surface area contributed by atoms with Crippen LogP contribution in [0, 0.1) is 0 Å². The maximum Gasteiger partial charge on any atom is 0.472 e. The van der Waals surface area contributed by atoms with Crippen LogP contribution in [0.25, 0.3) is 22.2 Å². The van der Waals surface area contributed by atoms with Crippen molar-refractivity contribution in [1.29, 1.82) is 0 Å². The maximum atomic E-state index is 13.2. The molecule has 4 aromatic heterocycles. The topological polar surface area (TPSA) is 317 Å². The quantitative estimate of drug-likeness (QED) is 0.116. The summed E-state index contributed by atoms with van der Waals surface area (Å²) in [7, 11) is -10.1. The standard InChI is InChI=1S/C21H25N9O13P2/c22-15-10-17(25-5-24-15)30(6-26-10)19-12(32)13-9(41-19)4-39-45(36,37)43-14-11(31)8(3-38-44(34,35)42-13)40-20(14)29-2-1-7-16(29)27-21(23)28-18(7)33/h1-2,5-6,8-9,11-14,19-20,31-32H,3-4H2,(H,34,35)(H,36,37)(H2,22,24,25)(H3,23,27,28,33)/t8-,9-,11-,12-,13-,14-,19-,20-/m1/s1. The number of hydrogen-bond acceptors (Lipinski definition) is 17. The lowest BCUT2D eigenvalue weighted by Gasteiger charge is -2.26. The molecule has 2 unspecified atom stereocenters. The molecule has 9 N–H and O–H groups in total. The summed E-state index contributed by atoms with van der Waals surface area (Å²) in [6, 6.07) is 1.36. The molecular weight excluding hydrogens is 648 g/mol. The molecule has 2 bridgehead atoms. The molecule has 22 nitrogen and oxygen atoms in total. The highest BCUT2D eigenvalue weighted by atomic mass is 31.2. The van der Waals surface area contributed by atoms with Crippen molar-refractivity contribution in [2.24, 2.45) is 0 Å². The Hall–Kier alpha value is -3.37. The van der Waals surface area contributed by atoms with Gasteiger partial charge in [-0.15, -0.1) is 0 Å². The van der Waals surface area contributed by atoms with E-state index in [1.54, 1.807) is 0 Å². The van der Waals surface area contributed by atoms with Crippen LogP contribution >= 0.6 is 15.6 Å². The normalized spacial score (nSPS) is 37.7. The number of phosphoric ester groups is 2. The van der Waals surface area contributed by atoms with Crippen molar-refractivity contribution in [1.82, 2.24) is 34.1 Å². The summed E-state index contributed by atoms with van der Waals surface area (Å²) in [5.74, 6) is -0.206. The zero-order valence-electron chi connectivity index (χ0n) is 22.5. The number of anilines is 2. The van der Waals surface area contributed by atoms with Crippen molar-refractivity contribution in [3.05, 3.63) is 35.3 Å². The molecule has 24 heteroatoms. The number of aromatic nitrogens is 7. The molecular formula is C21H25N9O13P2. The fourth-order valence-corrected chi connectivity index (χ4v) is 7.33. The molecule has 3 saturated heterocycles. The highest BCUT2D eigenvalue weighted by Crippen LogP contribution is 2.53. The van der Waals surface area contributed by atoms with Crippen LogP contribution in [0.5, 0.6) is 0 Å². The lowest BCUT2D eigenvalue weighted by Crippen LogP contribution is -2.36. The number of nitrogen functional groups attached to an aromatic ring is 2. The smallest absolute Gasteiger partial charge is 0.387 e. The molecule has 3 aliphatic rings. The van der Waals surface area contributed by atoms with Gasteiger partial charge in [0.25, 0.3) is 5.56 Å². The summed E-state index contributed by atoms with van der Waals surface area (Å²) in [5, 5.41) is 22.2. The van der Waals surface area contributed by atoms with Gasteiger partial charge >= 0.3 is 15.6 Å². The first-order valence-corrected chi connectivity index (χ1v) is 16.1. The summed E-state index contributed by atoms with van der Waals surface area (Å²) in [6.07, 6.45) is -8.76. The minimum absolute atomic E-state index is 0.0177. The maximum absolute atomic E-state index is 13.2. The Morgan fingerprint density at radius 1 is 0.889 bits per heavy atom. The monoisotopic (exact) mass is 673 g/mol. The average Bonchev–Trinajstić information content (AvgIpc) is 3.72. The molecule has 3 fully saturated rings. The molecule has 0 saturated carbocycles. The lowest BCUT2D eigenvalue weighted by atomic mass is 10.1. The molecule has 45 heavy (non-hydrogen) atoms. The van der Waals surface area contributed by atoms with Gasteiger partial charge in [-0.05, 0) is 6.07 Å². The Morgan fingerprint density at radius 2 is 1.58 bits per heavy atom. The minimum Gasteiger partial charge on any atom is -0.387 e. The van der Waals surface area contributed by atoms with Crippen molar-refractivity contribution in [2.45, 2.75) is 49.1 Å². The highest BCUT2D eigenvalue weighted by Gasteiger charge is 2.53. The van der Waals surface area contributed by atoms with Gasteiger partial charge in [-0.3, -0.25) is 32.4 Å². The summed E-state index contributed by atoms with van der Waals surface area (Å²) in [6.45, 7) is -1.62. The van der Waals surface area contributed by atoms with E-state index in [9.17, 15) is 33.9 Å². The number of ether oxygens (including phenoxy) is 2. The molecule has 3 aliphatic heterocycles. The van der Waals surface area contributed by atoms with Crippen LogP contribution in [0.15, 0.2) is 29.7 Å². The second-order valence-corrected chi connectivity index (χ2v) is 13.1. The largest absolute Gasteiger partial charge is 0.472 e. The van der Waals surface area contributed by atoms with Crippen LogP contribution in [-0.2, 0) is 36.7 Å². The number of aliphatic hydroxyl groups excluding tert-OH is 2. The zero-order valence-corrected chi connectivity index (χ0v) is 24.3. The summed E-state index contributed by atoms with van der Waals surface area (Å²) < 4.78 is 61.3. The van der Waals surface area contributed by atoms with Gasteiger partial charge < -0.3 is 45.5 Å². The van der Waals surface area contributed by atoms with Gasteiger partial charge in [-0.2, -0.15) is 4.98 Å². The van der Waals surface area contributed by atoms with Crippen molar-refractivity contribution in [2.75, 3.05) is 24.7 Å². The van der Waals surface area contributed by atoms with E-state index in [0.29, 0.717) is 0 Å². The average molecular weight is 673 g/mol. The Balaban J connectivity index is 1.21. The number of aliphatic hydroxyl groups is 2. The lowest BCUT2D eigenvalue weighted by molar-refractivity contribution is -0.0670. The first-order chi connectivity index (χ1) is 21.3. The Bertz CT molecular complexity index is 1930. The summed E-state index contributed by atoms with van der Waals surface area (Å²) in [4.78, 5) is 52.1. The van der Waals surface area contributed by atoms with E-state index < -0.39 is 83.5 Å². The Kier molecular flexibility index (Phi) is 7.32. The molecule has 7 rings (SSSR count). The number of hydrogen-bond donors (Lipinski definition) is 7. The number of fused-ring (bicyclic) bond motifs is 5. The predicted molar refractivity (Wildman–Crippen MR) is 146 cm³/mol. The van der Waals surface area contributed by atoms with Gasteiger partial charge in [0, 0.05) is 6.20 Å². The van der Waals surface area contributed by atoms with Crippen molar-refractivity contribution in [3.8, 4) is 0 Å². The molecule has 0 aliphatic carbocycles. The summed E-state index contributed by atoms with van der Waals surface area (Å²) in [5.41, 5.74) is 11.2. The SMILES string of the molecule is Nc1nc2c(ccn2[C@@H]2O[C@@H]3COP(=O)(O)O[C@H]4[C@@H](O)[C@H](n5cnc6c(N)ncnc65)O[C@@H]4COP(=O)(O)O[C@@H]2[C@@H]3O)c(=O)[nH]1. The molecule has 0 aromatic carbocycles. The van der Waals surface area contributed by atoms with Crippen molar-refractivity contribution >= 4 is 49.6 Å².